The highest BCUT2D eigenvalue weighted by Crippen LogP contribution is 2.20. The number of hydrogen-bond acceptors (Lipinski definition) is 7. The van der Waals surface area contributed by atoms with Crippen molar-refractivity contribution in [2.75, 3.05) is 11.1 Å². The molecule has 7 nitrogen and oxygen atoms in total. The highest BCUT2D eigenvalue weighted by molar-refractivity contribution is 7.99. The summed E-state index contributed by atoms with van der Waals surface area (Å²) in [5, 5.41) is 12.1. The van der Waals surface area contributed by atoms with Crippen LogP contribution < -0.4 is 10.9 Å². The number of carbonyl (C=O) groups is 1. The van der Waals surface area contributed by atoms with Crippen LogP contribution in [0.4, 0.5) is 5.13 Å². The normalized spacial score (nSPS) is 13.2. The average Bonchev–Trinajstić information content (AvgIpc) is 3.06. The number of aromatic nitrogens is 4. The zero-order valence-corrected chi connectivity index (χ0v) is 12.9. The van der Waals surface area contributed by atoms with Crippen LogP contribution in [0.1, 0.15) is 22.7 Å². The van der Waals surface area contributed by atoms with Gasteiger partial charge in [-0.1, -0.05) is 23.1 Å². The number of carbonyl (C=O) groups excluding carboxylic acids is 1. The topological polar surface area (TPSA) is 101 Å². The number of amides is 1. The minimum atomic E-state index is -0.195. The zero-order chi connectivity index (χ0) is 14.8. The quantitative estimate of drug-likeness (QED) is 0.646. The molecule has 0 aromatic carbocycles. The number of rotatable bonds is 4. The summed E-state index contributed by atoms with van der Waals surface area (Å²) in [6.07, 6.45) is 2.60. The Balaban J connectivity index is 1.61. The highest BCUT2D eigenvalue weighted by Gasteiger charge is 2.17. The van der Waals surface area contributed by atoms with Gasteiger partial charge in [0.05, 0.1) is 11.4 Å². The van der Waals surface area contributed by atoms with E-state index >= 15 is 0 Å². The van der Waals surface area contributed by atoms with Crippen molar-refractivity contribution in [2.24, 2.45) is 0 Å². The van der Waals surface area contributed by atoms with Crippen LogP contribution in [0.25, 0.3) is 0 Å². The van der Waals surface area contributed by atoms with Gasteiger partial charge in [0.25, 0.3) is 5.56 Å². The lowest BCUT2D eigenvalue weighted by atomic mass is 10.3. The second-order valence-corrected chi connectivity index (χ2v) is 6.76. The number of aryl methyl sites for hydroxylation is 2. The smallest absolute Gasteiger partial charge is 0.254 e. The maximum atomic E-state index is 11.8. The van der Waals surface area contributed by atoms with Crippen molar-refractivity contribution in [3.8, 4) is 0 Å². The standard InChI is InChI=1S/C12H13N5O2S2/c1-6-16-17-12(21-6)14-9(18)5-20-11-13-8-4-2-3-7(8)10(19)15-11/h2-5H2,1H3,(H,13,15,19)(H,14,17,18). The molecule has 0 spiro atoms. The second kappa shape index (κ2) is 5.94. The van der Waals surface area contributed by atoms with Gasteiger partial charge in [-0.3, -0.25) is 14.9 Å². The molecule has 2 N–H and O–H groups in total. The zero-order valence-electron chi connectivity index (χ0n) is 11.3. The first-order valence-electron chi connectivity index (χ1n) is 6.46. The Bertz CT molecular complexity index is 739. The summed E-state index contributed by atoms with van der Waals surface area (Å²) in [6.45, 7) is 1.82. The van der Waals surface area contributed by atoms with Crippen LogP contribution in [0.3, 0.4) is 0 Å². The molecule has 0 radical (unpaired) electrons. The summed E-state index contributed by atoms with van der Waals surface area (Å²) >= 11 is 2.53. The molecule has 1 amide bonds. The van der Waals surface area contributed by atoms with Gasteiger partial charge in [0.2, 0.25) is 11.0 Å². The summed E-state index contributed by atoms with van der Waals surface area (Å²) < 4.78 is 0. The summed E-state index contributed by atoms with van der Waals surface area (Å²) in [7, 11) is 0. The van der Waals surface area contributed by atoms with E-state index < -0.39 is 0 Å². The van der Waals surface area contributed by atoms with Crippen LogP contribution in [0.15, 0.2) is 9.95 Å². The monoisotopic (exact) mass is 323 g/mol. The van der Waals surface area contributed by atoms with Gasteiger partial charge in [0, 0.05) is 5.56 Å². The van der Waals surface area contributed by atoms with Gasteiger partial charge in [-0.15, -0.1) is 10.2 Å². The number of nitrogens with one attached hydrogen (secondary N) is 2. The van der Waals surface area contributed by atoms with E-state index in [2.05, 4.69) is 25.5 Å². The van der Waals surface area contributed by atoms with Crippen LogP contribution in [-0.2, 0) is 17.6 Å². The molecule has 0 aliphatic heterocycles. The van der Waals surface area contributed by atoms with Crippen molar-refractivity contribution in [1.82, 2.24) is 20.2 Å². The van der Waals surface area contributed by atoms with E-state index in [1.165, 1.54) is 23.1 Å². The third-order valence-corrected chi connectivity index (χ3v) is 4.66. The molecule has 2 aromatic rings. The van der Waals surface area contributed by atoms with Gasteiger partial charge in [-0.25, -0.2) is 4.98 Å². The van der Waals surface area contributed by atoms with Crippen molar-refractivity contribution in [1.29, 1.82) is 0 Å². The summed E-state index contributed by atoms with van der Waals surface area (Å²) in [5.74, 6) is -0.0281. The lowest BCUT2D eigenvalue weighted by Crippen LogP contribution is -2.17. The Morgan fingerprint density at radius 1 is 1.43 bits per heavy atom. The van der Waals surface area contributed by atoms with E-state index in [1.807, 2.05) is 6.92 Å². The van der Waals surface area contributed by atoms with Gasteiger partial charge in [0.15, 0.2) is 5.16 Å². The van der Waals surface area contributed by atoms with E-state index in [1.54, 1.807) is 0 Å². The minimum Gasteiger partial charge on any atom is -0.301 e. The molecule has 3 rings (SSSR count). The van der Waals surface area contributed by atoms with E-state index in [9.17, 15) is 9.59 Å². The molecular formula is C12H13N5O2S2. The molecule has 2 heterocycles. The number of hydrogen-bond donors (Lipinski definition) is 2. The first kappa shape index (κ1) is 14.2. The van der Waals surface area contributed by atoms with E-state index in [-0.39, 0.29) is 17.2 Å². The SMILES string of the molecule is Cc1nnc(NC(=O)CSc2nc3c(c(=O)[nH]2)CCC3)s1. The van der Waals surface area contributed by atoms with Crippen LogP contribution in [0.5, 0.6) is 0 Å². The molecular weight excluding hydrogens is 310 g/mol. The maximum absolute atomic E-state index is 11.8. The number of aromatic amines is 1. The Morgan fingerprint density at radius 3 is 3.05 bits per heavy atom. The Hall–Kier alpha value is -1.74. The number of fused-ring (bicyclic) bond motifs is 1. The predicted molar refractivity (Wildman–Crippen MR) is 80.9 cm³/mol. The van der Waals surface area contributed by atoms with Crippen molar-refractivity contribution >= 4 is 34.1 Å². The van der Waals surface area contributed by atoms with Gasteiger partial charge >= 0.3 is 0 Å². The summed E-state index contributed by atoms with van der Waals surface area (Å²) in [4.78, 5) is 30.8. The van der Waals surface area contributed by atoms with Gasteiger partial charge in [0.1, 0.15) is 5.01 Å². The summed E-state index contributed by atoms with van der Waals surface area (Å²) in [5.41, 5.74) is 1.56. The van der Waals surface area contributed by atoms with E-state index in [0.29, 0.717) is 10.3 Å². The summed E-state index contributed by atoms with van der Waals surface area (Å²) in [6, 6.07) is 0. The molecule has 2 aromatic heterocycles. The molecule has 0 atom stereocenters. The molecule has 0 saturated heterocycles. The Morgan fingerprint density at radius 2 is 2.29 bits per heavy atom. The van der Waals surface area contributed by atoms with Gasteiger partial charge in [-0.2, -0.15) is 0 Å². The molecule has 0 fully saturated rings. The van der Waals surface area contributed by atoms with Crippen molar-refractivity contribution in [3.05, 3.63) is 26.6 Å². The highest BCUT2D eigenvalue weighted by atomic mass is 32.2. The molecule has 1 aliphatic rings. The van der Waals surface area contributed by atoms with Crippen molar-refractivity contribution in [2.45, 2.75) is 31.3 Å². The third-order valence-electron chi connectivity index (χ3n) is 3.03. The van der Waals surface area contributed by atoms with Crippen molar-refractivity contribution in [3.63, 3.8) is 0 Å². The number of H-pyrrole nitrogens is 1. The number of nitrogens with zero attached hydrogens (tertiary/aromatic N) is 3. The molecule has 9 heteroatoms. The molecule has 21 heavy (non-hydrogen) atoms. The van der Waals surface area contributed by atoms with Crippen LogP contribution >= 0.6 is 23.1 Å². The third kappa shape index (κ3) is 3.30. The molecule has 1 aliphatic carbocycles. The van der Waals surface area contributed by atoms with Gasteiger partial charge < -0.3 is 4.98 Å². The van der Waals surface area contributed by atoms with Gasteiger partial charge in [-0.05, 0) is 26.2 Å². The fourth-order valence-corrected chi connectivity index (χ4v) is 3.41. The fourth-order valence-electron chi connectivity index (χ4n) is 2.12. The largest absolute Gasteiger partial charge is 0.301 e. The first-order valence-corrected chi connectivity index (χ1v) is 8.27. The molecule has 110 valence electrons. The minimum absolute atomic E-state index is 0.0832. The molecule has 0 saturated carbocycles. The van der Waals surface area contributed by atoms with Crippen molar-refractivity contribution < 1.29 is 4.79 Å². The maximum Gasteiger partial charge on any atom is 0.254 e. The van der Waals surface area contributed by atoms with Crippen LogP contribution in [0, 0.1) is 6.92 Å². The second-order valence-electron chi connectivity index (χ2n) is 4.61. The average molecular weight is 323 g/mol. The molecule has 0 bridgehead atoms. The lowest BCUT2D eigenvalue weighted by Gasteiger charge is -2.03. The predicted octanol–water partition coefficient (Wildman–Crippen LogP) is 1.15. The lowest BCUT2D eigenvalue weighted by molar-refractivity contribution is -0.113. The first-order chi connectivity index (χ1) is 10.1. The Labute approximate surface area is 128 Å². The van der Waals surface area contributed by atoms with Crippen LogP contribution in [0.2, 0.25) is 0 Å². The van der Waals surface area contributed by atoms with Crippen LogP contribution in [-0.4, -0.2) is 31.8 Å². The fraction of sp³-hybridized carbons (Fsp3) is 0.417. The van der Waals surface area contributed by atoms with E-state index in [0.717, 1.165) is 35.5 Å². The number of anilines is 1. The number of thioether (sulfide) groups is 1. The Kier molecular flexibility index (Phi) is 4.02. The van der Waals surface area contributed by atoms with E-state index in [4.69, 9.17) is 0 Å². The molecule has 0 unspecified atom stereocenters.